The molecule has 1 aliphatic heterocycles. The van der Waals surface area contributed by atoms with Gasteiger partial charge in [0.2, 0.25) is 17.6 Å². The Morgan fingerprint density at radius 1 is 0.872 bits per heavy atom. The Kier molecular flexibility index (Phi) is 10.2. The van der Waals surface area contributed by atoms with Gasteiger partial charge in [0.1, 0.15) is 36.7 Å². The highest BCUT2D eigenvalue weighted by Gasteiger charge is 2.36. The number of rotatable bonds is 13. The molecule has 1 aromatic heterocycles. The summed E-state index contributed by atoms with van der Waals surface area (Å²) in [6, 6.07) is 18.2. The Bertz CT molecular complexity index is 1730. The molecule has 0 bridgehead atoms. The quantitative estimate of drug-likeness (QED) is 0.159. The highest BCUT2D eigenvalue weighted by molar-refractivity contribution is 6.07. The number of carboxylic acid groups (broad SMARTS) is 1. The molecule has 1 fully saturated rings. The van der Waals surface area contributed by atoms with Crippen LogP contribution >= 0.6 is 0 Å². The predicted molar refractivity (Wildman–Crippen MR) is 166 cm³/mol. The number of hydrogen-bond donors (Lipinski definition) is 4. The molecular formula is C34H31N5O8. The molecule has 4 N–H and O–H groups in total. The fourth-order valence-electron chi connectivity index (χ4n) is 5.11. The van der Waals surface area contributed by atoms with Crippen LogP contribution in [0.1, 0.15) is 38.8 Å². The zero-order chi connectivity index (χ0) is 33.3. The van der Waals surface area contributed by atoms with Crippen LogP contribution < -0.4 is 10.6 Å². The van der Waals surface area contributed by atoms with Crippen molar-refractivity contribution in [3.63, 3.8) is 0 Å². The van der Waals surface area contributed by atoms with Gasteiger partial charge in [-0.25, -0.2) is 14.6 Å². The average Bonchev–Trinajstić information content (AvgIpc) is 3.44. The van der Waals surface area contributed by atoms with Crippen LogP contribution in [0.3, 0.4) is 0 Å². The molecule has 4 aromatic rings. The number of ketones is 1. The maximum Gasteiger partial charge on any atom is 0.410 e. The number of carbonyl (C=O) groups excluding carboxylic acids is 4. The van der Waals surface area contributed by atoms with Crippen molar-refractivity contribution in [3.05, 3.63) is 125 Å². The minimum atomic E-state index is -1.35. The molecular weight excluding hydrogens is 606 g/mol. The molecule has 13 nitrogen and oxygen atoms in total. The maximum atomic E-state index is 13.6. The van der Waals surface area contributed by atoms with Crippen molar-refractivity contribution in [2.75, 3.05) is 13.2 Å². The third-order valence-electron chi connectivity index (χ3n) is 7.57. The lowest BCUT2D eigenvalue weighted by Crippen LogP contribution is -2.54. The summed E-state index contributed by atoms with van der Waals surface area (Å²) in [6.07, 6.45) is 3.38. The maximum absolute atomic E-state index is 13.6. The molecule has 0 unspecified atom stereocenters. The first-order chi connectivity index (χ1) is 22.7. The summed E-state index contributed by atoms with van der Waals surface area (Å²) < 4.78 is 5.20. The third kappa shape index (κ3) is 8.34. The molecule has 1 aliphatic rings. The van der Waals surface area contributed by atoms with Crippen LogP contribution in [-0.2, 0) is 32.0 Å². The van der Waals surface area contributed by atoms with Crippen LogP contribution in [0.4, 0.5) is 4.79 Å². The highest BCUT2D eigenvalue weighted by atomic mass is 16.6. The van der Waals surface area contributed by atoms with E-state index in [0.717, 1.165) is 5.56 Å². The second-order valence-electron chi connectivity index (χ2n) is 10.8. The van der Waals surface area contributed by atoms with Gasteiger partial charge in [0, 0.05) is 30.8 Å². The minimum Gasteiger partial charge on any atom is -0.508 e. The lowest BCUT2D eigenvalue weighted by molar-refractivity contribution is -0.142. The monoisotopic (exact) mass is 637 g/mol. The van der Waals surface area contributed by atoms with Gasteiger partial charge in [-0.2, -0.15) is 0 Å². The summed E-state index contributed by atoms with van der Waals surface area (Å²) in [5, 5.41) is 24.6. The molecule has 0 spiro atoms. The number of benzene rings is 3. The fourth-order valence-corrected chi connectivity index (χ4v) is 5.11. The van der Waals surface area contributed by atoms with E-state index in [9.17, 15) is 34.2 Å². The lowest BCUT2D eigenvalue weighted by atomic mass is 10.0. The summed E-state index contributed by atoms with van der Waals surface area (Å²) in [5.74, 6) is -3.07. The van der Waals surface area contributed by atoms with Crippen LogP contribution in [0.25, 0.3) is 0 Å². The van der Waals surface area contributed by atoms with Crippen molar-refractivity contribution in [1.82, 2.24) is 25.5 Å². The van der Waals surface area contributed by atoms with Crippen molar-refractivity contribution in [3.8, 4) is 5.75 Å². The largest absolute Gasteiger partial charge is 0.508 e. The number of carbonyl (C=O) groups is 5. The molecule has 3 aromatic carbocycles. The van der Waals surface area contributed by atoms with Gasteiger partial charge in [0.15, 0.2) is 0 Å². The van der Waals surface area contributed by atoms with Crippen molar-refractivity contribution in [2.24, 2.45) is 0 Å². The molecule has 47 heavy (non-hydrogen) atoms. The van der Waals surface area contributed by atoms with Gasteiger partial charge in [-0.15, -0.1) is 0 Å². The van der Waals surface area contributed by atoms with Crippen LogP contribution in [0.15, 0.2) is 97.5 Å². The zero-order valence-corrected chi connectivity index (χ0v) is 25.0. The van der Waals surface area contributed by atoms with Crippen LogP contribution in [0.2, 0.25) is 0 Å². The van der Waals surface area contributed by atoms with Gasteiger partial charge in [-0.1, -0.05) is 66.7 Å². The van der Waals surface area contributed by atoms with E-state index >= 15 is 0 Å². The topological polar surface area (TPSA) is 188 Å². The molecule has 5 rings (SSSR count). The summed E-state index contributed by atoms with van der Waals surface area (Å²) in [6.45, 7) is -0.360. The van der Waals surface area contributed by atoms with E-state index in [-0.39, 0.29) is 36.7 Å². The first-order valence-electron chi connectivity index (χ1n) is 14.7. The molecule has 1 saturated heterocycles. The minimum absolute atomic E-state index is 0.00763. The Balaban J connectivity index is 1.33. The second kappa shape index (κ2) is 14.8. The molecule has 3 amide bonds. The first kappa shape index (κ1) is 32.3. The summed E-state index contributed by atoms with van der Waals surface area (Å²) in [5.41, 5.74) is 2.38. The standard InChI is InChI=1S/C34H31N5O8/c40-25-12-8-22(9-13-25)17-27(33(44)45)38-32(43)26(16-21-6-10-24(11-7-21)31(42)28-18-35-14-15-36-28)37-30(41)19-39-29(20-47-34(39)46)23-4-2-1-3-5-23/h1-15,18,26-27,29,40H,16-17,19-20H2,(H,37,41)(H,38,43)(H,44,45)/t26-,27-,29+/m0/s1. The lowest BCUT2D eigenvalue weighted by Gasteiger charge is -2.24. The number of cyclic esters (lactones) is 1. The number of phenolic OH excluding ortho intramolecular Hbond substituents is 1. The SMILES string of the molecule is O=C(CN1C(=O)OC[C@@H]1c1ccccc1)N[C@@H](Cc1ccc(C(=O)c2cnccn2)cc1)C(=O)N[C@@H](Cc1ccc(O)cc1)C(=O)O. The molecule has 3 atom stereocenters. The fraction of sp³-hybridized carbons (Fsp3) is 0.206. The number of aromatic nitrogens is 2. The van der Waals surface area contributed by atoms with E-state index in [2.05, 4.69) is 20.6 Å². The second-order valence-corrected chi connectivity index (χ2v) is 10.8. The molecule has 2 heterocycles. The molecule has 240 valence electrons. The number of phenols is 1. The molecule has 0 saturated carbocycles. The number of nitrogens with one attached hydrogen (secondary N) is 2. The Labute approximate surface area is 269 Å². The number of aromatic hydroxyl groups is 1. The Hall–Kier alpha value is -6.11. The zero-order valence-electron chi connectivity index (χ0n) is 25.0. The van der Waals surface area contributed by atoms with Crippen LogP contribution in [0, 0.1) is 0 Å². The van der Waals surface area contributed by atoms with Crippen molar-refractivity contribution in [1.29, 1.82) is 0 Å². The van der Waals surface area contributed by atoms with E-state index in [1.807, 2.05) is 18.2 Å². The first-order valence-corrected chi connectivity index (χ1v) is 14.7. The van der Waals surface area contributed by atoms with E-state index in [4.69, 9.17) is 4.74 Å². The number of carboxylic acids is 1. The van der Waals surface area contributed by atoms with Gasteiger partial charge in [-0.3, -0.25) is 24.3 Å². The van der Waals surface area contributed by atoms with Gasteiger partial charge >= 0.3 is 12.1 Å². The van der Waals surface area contributed by atoms with E-state index < -0.39 is 48.5 Å². The molecule has 0 radical (unpaired) electrons. The number of ether oxygens (including phenoxy) is 1. The molecule has 0 aliphatic carbocycles. The van der Waals surface area contributed by atoms with E-state index in [1.165, 1.54) is 35.6 Å². The van der Waals surface area contributed by atoms with Crippen LogP contribution in [-0.4, -0.2) is 80.0 Å². The Morgan fingerprint density at radius 2 is 1.53 bits per heavy atom. The van der Waals surface area contributed by atoms with Crippen molar-refractivity contribution in [2.45, 2.75) is 31.0 Å². The predicted octanol–water partition coefficient (Wildman–Crippen LogP) is 2.45. The number of hydrogen-bond acceptors (Lipinski definition) is 9. The third-order valence-corrected chi connectivity index (χ3v) is 7.57. The van der Waals surface area contributed by atoms with Crippen LogP contribution in [0.5, 0.6) is 5.75 Å². The van der Waals surface area contributed by atoms with Gasteiger partial charge in [0.05, 0.1) is 12.2 Å². The van der Waals surface area contributed by atoms with Crippen molar-refractivity contribution < 1.29 is 38.9 Å². The highest BCUT2D eigenvalue weighted by Crippen LogP contribution is 2.27. The van der Waals surface area contributed by atoms with E-state index in [0.29, 0.717) is 16.7 Å². The summed E-state index contributed by atoms with van der Waals surface area (Å²) in [4.78, 5) is 73.5. The van der Waals surface area contributed by atoms with Crippen molar-refractivity contribution >= 4 is 29.7 Å². The van der Waals surface area contributed by atoms with Gasteiger partial charge in [0.25, 0.3) is 0 Å². The number of amides is 3. The average molecular weight is 638 g/mol. The summed E-state index contributed by atoms with van der Waals surface area (Å²) in [7, 11) is 0. The van der Waals surface area contributed by atoms with Gasteiger partial charge < -0.3 is 25.6 Å². The smallest absolute Gasteiger partial charge is 0.410 e. The summed E-state index contributed by atoms with van der Waals surface area (Å²) >= 11 is 0. The number of aliphatic carboxylic acids is 1. The normalized spacial score (nSPS) is 15.3. The molecule has 13 heteroatoms. The Morgan fingerprint density at radius 3 is 2.17 bits per heavy atom. The number of nitrogens with zero attached hydrogens (tertiary/aromatic N) is 3. The van der Waals surface area contributed by atoms with E-state index in [1.54, 1.807) is 48.5 Å². The van der Waals surface area contributed by atoms with Gasteiger partial charge in [-0.05, 0) is 28.8 Å².